The molecule has 17 heavy (non-hydrogen) atoms. The van der Waals surface area contributed by atoms with Crippen molar-refractivity contribution in [2.75, 3.05) is 25.6 Å². The van der Waals surface area contributed by atoms with Gasteiger partial charge in [-0.05, 0) is 30.5 Å². The second-order valence-electron chi connectivity index (χ2n) is 4.94. The molecule has 1 rings (SSSR count). The Bertz CT molecular complexity index is 361. The van der Waals surface area contributed by atoms with Crippen LogP contribution in [0.1, 0.15) is 32.3 Å². The fourth-order valence-corrected chi connectivity index (χ4v) is 1.89. The molecule has 0 spiro atoms. The number of hydrogen-bond donors (Lipinski definition) is 1. The predicted octanol–water partition coefficient (Wildman–Crippen LogP) is 2.60. The van der Waals surface area contributed by atoms with Gasteiger partial charge in [0.2, 0.25) is 0 Å². The first-order chi connectivity index (χ1) is 7.95. The molecule has 2 N–H and O–H groups in total. The van der Waals surface area contributed by atoms with Crippen molar-refractivity contribution in [3.8, 4) is 5.75 Å². The van der Waals surface area contributed by atoms with E-state index in [1.807, 2.05) is 20.0 Å². The number of nitrogens with zero attached hydrogens (tertiary/aromatic N) is 1. The average Bonchev–Trinajstić information content (AvgIpc) is 2.27. The molecule has 0 radical (unpaired) electrons. The van der Waals surface area contributed by atoms with E-state index in [9.17, 15) is 0 Å². The highest BCUT2D eigenvalue weighted by atomic mass is 16.5. The monoisotopic (exact) mass is 236 g/mol. The molecule has 0 saturated heterocycles. The van der Waals surface area contributed by atoms with Crippen molar-refractivity contribution >= 4 is 5.69 Å². The minimum Gasteiger partial charge on any atom is -0.495 e. The van der Waals surface area contributed by atoms with Crippen LogP contribution >= 0.6 is 0 Å². The van der Waals surface area contributed by atoms with Gasteiger partial charge in [0.05, 0.1) is 12.8 Å². The van der Waals surface area contributed by atoms with Crippen LogP contribution in [0.2, 0.25) is 0 Å². The van der Waals surface area contributed by atoms with Crippen molar-refractivity contribution < 1.29 is 4.74 Å². The summed E-state index contributed by atoms with van der Waals surface area (Å²) >= 11 is 0. The van der Waals surface area contributed by atoms with Crippen molar-refractivity contribution in [2.24, 2.45) is 5.73 Å². The van der Waals surface area contributed by atoms with Crippen LogP contribution in [0.5, 0.6) is 5.75 Å². The molecule has 1 atom stereocenters. The Kier molecular flexibility index (Phi) is 4.82. The third kappa shape index (κ3) is 3.63. The zero-order valence-electron chi connectivity index (χ0n) is 11.5. The molecule has 0 amide bonds. The second-order valence-corrected chi connectivity index (χ2v) is 4.94. The molecular weight excluding hydrogens is 212 g/mol. The van der Waals surface area contributed by atoms with Crippen LogP contribution in [0.25, 0.3) is 0 Å². The molecule has 3 nitrogen and oxygen atoms in total. The number of likely N-dealkylation sites (N-methyl/N-ethyl adjacent to an activating group) is 1. The molecule has 0 aliphatic heterocycles. The van der Waals surface area contributed by atoms with Gasteiger partial charge in [-0.1, -0.05) is 19.9 Å². The first-order valence-electron chi connectivity index (χ1n) is 6.10. The highest BCUT2D eigenvalue weighted by Crippen LogP contribution is 2.31. The third-order valence-corrected chi connectivity index (χ3v) is 2.84. The lowest BCUT2D eigenvalue weighted by atomic mass is 10.0. The van der Waals surface area contributed by atoms with E-state index < -0.39 is 0 Å². The molecule has 96 valence electrons. The van der Waals surface area contributed by atoms with Gasteiger partial charge < -0.3 is 15.4 Å². The molecule has 0 heterocycles. The molecule has 0 fully saturated rings. The number of nitrogens with two attached hydrogens (primary N) is 1. The second kappa shape index (κ2) is 5.92. The fourth-order valence-electron chi connectivity index (χ4n) is 1.89. The Morgan fingerprint density at radius 2 is 1.94 bits per heavy atom. The summed E-state index contributed by atoms with van der Waals surface area (Å²) < 4.78 is 5.40. The van der Waals surface area contributed by atoms with Crippen molar-refractivity contribution in [1.82, 2.24) is 0 Å². The van der Waals surface area contributed by atoms with Crippen LogP contribution in [0.15, 0.2) is 18.2 Å². The summed E-state index contributed by atoms with van der Waals surface area (Å²) in [5.74, 6) is 1.42. The number of hydrogen-bond acceptors (Lipinski definition) is 3. The Balaban J connectivity index is 3.05. The molecule has 0 bridgehead atoms. The van der Waals surface area contributed by atoms with Gasteiger partial charge in [0.1, 0.15) is 5.75 Å². The molecule has 1 aromatic carbocycles. The van der Waals surface area contributed by atoms with Crippen molar-refractivity contribution in [3.63, 3.8) is 0 Å². The van der Waals surface area contributed by atoms with E-state index in [4.69, 9.17) is 10.5 Å². The maximum Gasteiger partial charge on any atom is 0.142 e. The molecular formula is C14H24N2O. The maximum atomic E-state index is 5.84. The number of methoxy groups -OCH3 is 1. The molecule has 1 unspecified atom stereocenters. The average molecular weight is 236 g/mol. The normalized spacial score (nSPS) is 12.6. The van der Waals surface area contributed by atoms with Gasteiger partial charge in [0.25, 0.3) is 0 Å². The fraction of sp³-hybridized carbons (Fsp3) is 0.571. The molecule has 0 aromatic heterocycles. The zero-order chi connectivity index (χ0) is 13.0. The molecule has 0 aliphatic rings. The van der Waals surface area contributed by atoms with Crippen LogP contribution in [-0.2, 0) is 0 Å². The van der Waals surface area contributed by atoms with E-state index in [-0.39, 0.29) is 6.04 Å². The van der Waals surface area contributed by atoms with Crippen LogP contribution in [0, 0.1) is 0 Å². The van der Waals surface area contributed by atoms with Gasteiger partial charge >= 0.3 is 0 Å². The van der Waals surface area contributed by atoms with Gasteiger partial charge in [-0.25, -0.2) is 0 Å². The minimum atomic E-state index is 0.146. The largest absolute Gasteiger partial charge is 0.495 e. The van der Waals surface area contributed by atoms with Gasteiger partial charge in [-0.15, -0.1) is 0 Å². The Morgan fingerprint density at radius 3 is 2.41 bits per heavy atom. The lowest BCUT2D eigenvalue weighted by Gasteiger charge is -2.24. The standard InChI is InChI=1S/C14H24N2O/c1-10(2)12-6-7-14(17-5)13(8-12)16(4)9-11(3)15/h6-8,10-11H,9,15H2,1-5H3. The van der Waals surface area contributed by atoms with E-state index in [0.29, 0.717) is 5.92 Å². The summed E-state index contributed by atoms with van der Waals surface area (Å²) in [5, 5.41) is 0. The lowest BCUT2D eigenvalue weighted by Crippen LogP contribution is -2.33. The van der Waals surface area contributed by atoms with Gasteiger partial charge in [0, 0.05) is 19.6 Å². The summed E-state index contributed by atoms with van der Waals surface area (Å²) in [4.78, 5) is 2.15. The predicted molar refractivity (Wildman–Crippen MR) is 74.0 cm³/mol. The maximum absolute atomic E-state index is 5.84. The molecule has 0 saturated carbocycles. The highest BCUT2D eigenvalue weighted by Gasteiger charge is 2.11. The van der Waals surface area contributed by atoms with Crippen molar-refractivity contribution in [2.45, 2.75) is 32.7 Å². The SMILES string of the molecule is COc1ccc(C(C)C)cc1N(C)CC(C)N. The van der Waals surface area contributed by atoms with Gasteiger partial charge in [-0.3, -0.25) is 0 Å². The number of ether oxygens (including phenoxy) is 1. The van der Waals surface area contributed by atoms with E-state index in [0.717, 1.165) is 18.0 Å². The van der Waals surface area contributed by atoms with Crippen LogP contribution in [-0.4, -0.2) is 26.7 Å². The van der Waals surface area contributed by atoms with Crippen LogP contribution < -0.4 is 15.4 Å². The third-order valence-electron chi connectivity index (χ3n) is 2.84. The summed E-state index contributed by atoms with van der Waals surface area (Å²) in [6.07, 6.45) is 0. The van der Waals surface area contributed by atoms with Gasteiger partial charge in [0.15, 0.2) is 0 Å². The van der Waals surface area contributed by atoms with Gasteiger partial charge in [-0.2, -0.15) is 0 Å². The number of rotatable bonds is 5. The lowest BCUT2D eigenvalue weighted by molar-refractivity contribution is 0.414. The van der Waals surface area contributed by atoms with E-state index in [1.54, 1.807) is 7.11 Å². The topological polar surface area (TPSA) is 38.5 Å². The summed E-state index contributed by atoms with van der Waals surface area (Å²) in [6, 6.07) is 6.48. The van der Waals surface area contributed by atoms with E-state index >= 15 is 0 Å². The molecule has 1 aromatic rings. The first-order valence-corrected chi connectivity index (χ1v) is 6.10. The quantitative estimate of drug-likeness (QED) is 0.854. The van der Waals surface area contributed by atoms with E-state index in [1.165, 1.54) is 5.56 Å². The highest BCUT2D eigenvalue weighted by molar-refractivity contribution is 5.60. The van der Waals surface area contributed by atoms with Crippen LogP contribution in [0.3, 0.4) is 0 Å². The minimum absolute atomic E-state index is 0.146. The summed E-state index contributed by atoms with van der Waals surface area (Å²) in [6.45, 7) is 7.21. The smallest absolute Gasteiger partial charge is 0.142 e. The van der Waals surface area contributed by atoms with Crippen molar-refractivity contribution in [1.29, 1.82) is 0 Å². The molecule has 0 aliphatic carbocycles. The zero-order valence-corrected chi connectivity index (χ0v) is 11.5. The van der Waals surface area contributed by atoms with E-state index in [2.05, 4.69) is 30.9 Å². The van der Waals surface area contributed by atoms with Crippen molar-refractivity contribution in [3.05, 3.63) is 23.8 Å². The first kappa shape index (κ1) is 13.8. The Hall–Kier alpha value is -1.22. The number of anilines is 1. The summed E-state index contributed by atoms with van der Waals surface area (Å²) in [7, 11) is 3.75. The Morgan fingerprint density at radius 1 is 1.29 bits per heavy atom. The summed E-state index contributed by atoms with van der Waals surface area (Å²) in [5.41, 5.74) is 8.26. The molecule has 3 heteroatoms. The number of benzene rings is 1. The van der Waals surface area contributed by atoms with Crippen LogP contribution in [0.4, 0.5) is 5.69 Å². The Labute approximate surface area is 105 Å².